The molecular formula is C13H25NO4. The van der Waals surface area contributed by atoms with Crippen molar-refractivity contribution in [1.29, 1.82) is 0 Å². The molecule has 3 N–H and O–H groups in total. The van der Waals surface area contributed by atoms with E-state index in [1.165, 1.54) is 4.90 Å². The highest BCUT2D eigenvalue weighted by molar-refractivity contribution is 5.65. The molecule has 0 radical (unpaired) electrons. The first kappa shape index (κ1) is 16.9. The number of rotatable bonds is 10. The molecule has 0 spiro atoms. The normalized spacial score (nSPS) is 13.9. The number of aliphatic hydroxyl groups is 2. The van der Waals surface area contributed by atoms with E-state index in [-0.39, 0.29) is 19.1 Å². The van der Waals surface area contributed by atoms with Crippen molar-refractivity contribution in [3.05, 3.63) is 12.7 Å². The van der Waals surface area contributed by atoms with Gasteiger partial charge < -0.3 is 20.2 Å². The van der Waals surface area contributed by atoms with Gasteiger partial charge in [-0.25, -0.2) is 4.79 Å². The van der Waals surface area contributed by atoms with Crippen molar-refractivity contribution in [3.8, 4) is 0 Å². The lowest BCUT2D eigenvalue weighted by molar-refractivity contribution is 0.0782. The third-order valence-electron chi connectivity index (χ3n) is 3.01. The molecule has 0 aromatic carbocycles. The molecule has 0 aromatic rings. The van der Waals surface area contributed by atoms with Crippen molar-refractivity contribution in [2.75, 3.05) is 19.8 Å². The lowest BCUT2D eigenvalue weighted by atomic mass is 9.96. The zero-order chi connectivity index (χ0) is 14.0. The van der Waals surface area contributed by atoms with E-state index in [0.717, 1.165) is 12.8 Å². The molecule has 0 bridgehead atoms. The topological polar surface area (TPSA) is 81.0 Å². The van der Waals surface area contributed by atoms with Crippen LogP contribution in [0.15, 0.2) is 12.7 Å². The van der Waals surface area contributed by atoms with Crippen molar-refractivity contribution in [1.82, 2.24) is 4.90 Å². The molecule has 0 unspecified atom stereocenters. The Morgan fingerprint density at radius 1 is 1.39 bits per heavy atom. The van der Waals surface area contributed by atoms with Crippen LogP contribution in [0.1, 0.15) is 32.6 Å². The van der Waals surface area contributed by atoms with Gasteiger partial charge in [-0.3, -0.25) is 0 Å². The molecule has 0 rings (SSSR count). The maximum Gasteiger partial charge on any atom is 0.407 e. The lowest BCUT2D eigenvalue weighted by Crippen LogP contribution is -2.43. The van der Waals surface area contributed by atoms with E-state index in [1.54, 1.807) is 6.08 Å². The van der Waals surface area contributed by atoms with E-state index in [9.17, 15) is 15.0 Å². The van der Waals surface area contributed by atoms with E-state index in [2.05, 4.69) is 6.58 Å². The number of nitrogens with zero attached hydrogens (tertiary/aromatic N) is 1. The fourth-order valence-electron chi connectivity index (χ4n) is 1.93. The van der Waals surface area contributed by atoms with Crippen LogP contribution < -0.4 is 0 Å². The molecule has 2 atom stereocenters. The second kappa shape index (κ2) is 9.91. The first-order valence-electron chi connectivity index (χ1n) is 6.42. The number of carbonyl (C=O) groups is 1. The molecule has 1 amide bonds. The quantitative estimate of drug-likeness (QED) is 0.522. The number of allylic oxidation sites excluding steroid dienone is 1. The zero-order valence-corrected chi connectivity index (χ0v) is 11.1. The van der Waals surface area contributed by atoms with Gasteiger partial charge >= 0.3 is 6.09 Å². The second-order valence-corrected chi connectivity index (χ2v) is 4.47. The van der Waals surface area contributed by atoms with Crippen molar-refractivity contribution in [2.45, 2.75) is 38.6 Å². The Balaban J connectivity index is 4.56. The Bertz CT molecular complexity index is 245. The van der Waals surface area contributed by atoms with Gasteiger partial charge in [0.2, 0.25) is 0 Å². The molecule has 18 heavy (non-hydrogen) atoms. The number of hydrogen-bond acceptors (Lipinski definition) is 3. The average Bonchev–Trinajstić information content (AvgIpc) is 2.36. The predicted molar refractivity (Wildman–Crippen MR) is 70.5 cm³/mol. The molecule has 0 aliphatic rings. The molecule has 0 aromatic heterocycles. The minimum Gasteiger partial charge on any atom is -0.465 e. The summed E-state index contributed by atoms with van der Waals surface area (Å²) in [7, 11) is 0. The molecule has 0 heterocycles. The SMILES string of the molecule is C=CC[C@@H](CO)C[C@@H](CO)N(CCCC)C(=O)O. The van der Waals surface area contributed by atoms with Crippen LogP contribution >= 0.6 is 0 Å². The van der Waals surface area contributed by atoms with Gasteiger partial charge in [-0.2, -0.15) is 0 Å². The van der Waals surface area contributed by atoms with E-state index in [1.807, 2.05) is 6.92 Å². The van der Waals surface area contributed by atoms with Crippen LogP contribution in [0.25, 0.3) is 0 Å². The van der Waals surface area contributed by atoms with Gasteiger partial charge in [0.25, 0.3) is 0 Å². The van der Waals surface area contributed by atoms with Crippen LogP contribution in [0.3, 0.4) is 0 Å². The van der Waals surface area contributed by atoms with Crippen molar-refractivity contribution in [3.63, 3.8) is 0 Å². The Labute approximate surface area is 109 Å². The second-order valence-electron chi connectivity index (χ2n) is 4.47. The first-order valence-corrected chi connectivity index (χ1v) is 6.42. The minimum atomic E-state index is -1.02. The van der Waals surface area contributed by atoms with E-state index in [0.29, 0.717) is 19.4 Å². The molecular weight excluding hydrogens is 234 g/mol. The van der Waals surface area contributed by atoms with Crippen molar-refractivity contribution >= 4 is 6.09 Å². The van der Waals surface area contributed by atoms with E-state index >= 15 is 0 Å². The van der Waals surface area contributed by atoms with Gasteiger partial charge in [-0.05, 0) is 25.2 Å². The first-order chi connectivity index (χ1) is 8.60. The fourth-order valence-corrected chi connectivity index (χ4v) is 1.93. The van der Waals surface area contributed by atoms with Crippen molar-refractivity contribution in [2.24, 2.45) is 5.92 Å². The van der Waals surface area contributed by atoms with Crippen molar-refractivity contribution < 1.29 is 20.1 Å². The van der Waals surface area contributed by atoms with Gasteiger partial charge in [0.15, 0.2) is 0 Å². The van der Waals surface area contributed by atoms with Crippen LogP contribution in [0.5, 0.6) is 0 Å². The Morgan fingerprint density at radius 2 is 2.06 bits per heavy atom. The summed E-state index contributed by atoms with van der Waals surface area (Å²) < 4.78 is 0. The molecule has 0 aliphatic heterocycles. The summed E-state index contributed by atoms with van der Waals surface area (Å²) in [6.07, 6.45) is 3.43. The third-order valence-corrected chi connectivity index (χ3v) is 3.01. The molecule has 0 saturated carbocycles. The summed E-state index contributed by atoms with van der Waals surface area (Å²) in [5.41, 5.74) is 0. The van der Waals surface area contributed by atoms with E-state index in [4.69, 9.17) is 5.11 Å². The number of hydrogen-bond donors (Lipinski definition) is 3. The maximum atomic E-state index is 11.2. The minimum absolute atomic E-state index is 0.0241. The molecule has 5 nitrogen and oxygen atoms in total. The number of amides is 1. The smallest absolute Gasteiger partial charge is 0.407 e. The predicted octanol–water partition coefficient (Wildman–Crippen LogP) is 1.70. The largest absolute Gasteiger partial charge is 0.465 e. The fraction of sp³-hybridized carbons (Fsp3) is 0.769. The standard InChI is InChI=1S/C13H25NO4/c1-3-5-7-14(13(17)18)12(10-16)8-11(9-15)6-4-2/h4,11-12,15-16H,2-3,5-10H2,1H3,(H,17,18)/t11-,12+/m1/s1. The van der Waals surface area contributed by atoms with Crippen LogP contribution in [-0.2, 0) is 0 Å². The highest BCUT2D eigenvalue weighted by Crippen LogP contribution is 2.16. The van der Waals surface area contributed by atoms with Gasteiger partial charge in [-0.15, -0.1) is 6.58 Å². The molecule has 0 fully saturated rings. The number of carboxylic acid groups (broad SMARTS) is 1. The third kappa shape index (κ3) is 6.02. The highest BCUT2D eigenvalue weighted by Gasteiger charge is 2.24. The van der Waals surface area contributed by atoms with Gasteiger partial charge in [0, 0.05) is 13.2 Å². The maximum absolute atomic E-state index is 11.2. The molecule has 0 saturated heterocycles. The Morgan fingerprint density at radius 3 is 2.44 bits per heavy atom. The Hall–Kier alpha value is -1.07. The van der Waals surface area contributed by atoms with Crippen LogP contribution in [0.4, 0.5) is 4.79 Å². The molecule has 5 heteroatoms. The van der Waals surface area contributed by atoms with Crippen LogP contribution in [0, 0.1) is 5.92 Å². The monoisotopic (exact) mass is 259 g/mol. The van der Waals surface area contributed by atoms with Gasteiger partial charge in [-0.1, -0.05) is 19.4 Å². The lowest BCUT2D eigenvalue weighted by Gasteiger charge is -2.30. The van der Waals surface area contributed by atoms with E-state index < -0.39 is 12.1 Å². The zero-order valence-electron chi connectivity index (χ0n) is 11.1. The van der Waals surface area contributed by atoms with Gasteiger partial charge in [0.1, 0.15) is 0 Å². The summed E-state index contributed by atoms with van der Waals surface area (Å²) in [6, 6.07) is -0.453. The summed E-state index contributed by atoms with van der Waals surface area (Å²) in [6.45, 7) is 5.77. The van der Waals surface area contributed by atoms with Gasteiger partial charge in [0.05, 0.1) is 12.6 Å². The highest BCUT2D eigenvalue weighted by atomic mass is 16.4. The average molecular weight is 259 g/mol. The summed E-state index contributed by atoms with van der Waals surface area (Å²) in [4.78, 5) is 12.4. The number of aliphatic hydroxyl groups excluding tert-OH is 2. The molecule has 0 aliphatic carbocycles. The summed E-state index contributed by atoms with van der Waals surface area (Å²) >= 11 is 0. The molecule has 106 valence electrons. The summed E-state index contributed by atoms with van der Waals surface area (Å²) in [5.74, 6) is -0.0527. The van der Waals surface area contributed by atoms with Crippen LogP contribution in [0.2, 0.25) is 0 Å². The number of unbranched alkanes of at least 4 members (excludes halogenated alkanes) is 1. The summed E-state index contributed by atoms with van der Waals surface area (Å²) in [5, 5.41) is 27.7. The Kier molecular flexibility index (Phi) is 9.32. The van der Waals surface area contributed by atoms with Crippen LogP contribution in [-0.4, -0.2) is 52.1 Å².